The van der Waals surface area contributed by atoms with Crippen molar-refractivity contribution in [3.8, 4) is 17.2 Å². The highest BCUT2D eigenvalue weighted by molar-refractivity contribution is 6.08. The number of hydrogen-bond donors (Lipinski definition) is 0. The molecule has 0 aliphatic rings. The van der Waals surface area contributed by atoms with Gasteiger partial charge in [0.15, 0.2) is 11.5 Å². The summed E-state index contributed by atoms with van der Waals surface area (Å²) in [5.74, 6) is 1.45. The largest absolute Gasteiger partial charge is 0.493 e. The summed E-state index contributed by atoms with van der Waals surface area (Å²) in [7, 11) is 4.82. The monoisotopic (exact) mass is 573 g/mol. The molecule has 1 heterocycles. The molecule has 0 spiro atoms. The first-order valence-corrected chi connectivity index (χ1v) is 14.0. The number of benzene rings is 4. The lowest BCUT2D eigenvalue weighted by molar-refractivity contribution is -0.139. The number of hydrogen-bond acceptors (Lipinski definition) is 5. The Morgan fingerprint density at radius 1 is 0.698 bits per heavy atom. The van der Waals surface area contributed by atoms with Crippen LogP contribution >= 0.6 is 0 Å². The molecular formula is C37H35NO5. The van der Waals surface area contributed by atoms with Crippen LogP contribution in [0.1, 0.15) is 29.2 Å². The summed E-state index contributed by atoms with van der Waals surface area (Å²) in [4.78, 5) is 11.9. The van der Waals surface area contributed by atoms with Crippen LogP contribution in [0.25, 0.3) is 46.1 Å². The van der Waals surface area contributed by atoms with Gasteiger partial charge in [0, 0.05) is 27.4 Å². The number of carbonyl (C=O) groups excluding carboxylic acids is 1. The highest BCUT2D eigenvalue weighted by atomic mass is 16.5. The Bertz CT molecular complexity index is 1820. The summed E-state index contributed by atoms with van der Waals surface area (Å²) < 4.78 is 23.9. The Hall–Kier alpha value is -5.23. The smallest absolute Gasteiger partial charge is 0.333 e. The van der Waals surface area contributed by atoms with Crippen LogP contribution in [0.4, 0.5) is 0 Å². The molecule has 0 N–H and O–H groups in total. The van der Waals surface area contributed by atoms with Crippen LogP contribution in [0.3, 0.4) is 0 Å². The first-order valence-electron chi connectivity index (χ1n) is 14.0. The molecule has 0 unspecified atom stereocenters. The number of fused-ring (bicyclic) bond motifs is 3. The number of para-hydroxylation sites is 1. The van der Waals surface area contributed by atoms with Gasteiger partial charge in [0.05, 0.1) is 27.9 Å². The van der Waals surface area contributed by atoms with E-state index in [9.17, 15) is 4.79 Å². The fraction of sp³-hybridized carbons (Fsp3) is 0.162. The normalized spacial score (nSPS) is 11.4. The second-order valence-corrected chi connectivity index (χ2v) is 10.2. The number of methoxy groups -OCH3 is 3. The second-order valence-electron chi connectivity index (χ2n) is 10.2. The SMILES string of the molecule is C=C(C)C(=O)OCCn1c2ccccc2c2cc(/C=C/c3ccc(/C=C/c4cc(OC)c(OC)c(OC)c4)cc3)ccc21. The van der Waals surface area contributed by atoms with Crippen molar-refractivity contribution in [3.63, 3.8) is 0 Å². The van der Waals surface area contributed by atoms with Gasteiger partial charge in [0.2, 0.25) is 5.75 Å². The molecule has 6 nitrogen and oxygen atoms in total. The van der Waals surface area contributed by atoms with E-state index in [-0.39, 0.29) is 12.6 Å². The summed E-state index contributed by atoms with van der Waals surface area (Å²) in [6.45, 7) is 6.17. The number of esters is 1. The highest BCUT2D eigenvalue weighted by Crippen LogP contribution is 2.38. The number of ether oxygens (including phenoxy) is 4. The molecule has 1 aromatic heterocycles. The molecule has 0 saturated heterocycles. The maximum atomic E-state index is 11.9. The molecule has 0 amide bonds. The fourth-order valence-corrected chi connectivity index (χ4v) is 5.07. The number of rotatable bonds is 11. The summed E-state index contributed by atoms with van der Waals surface area (Å²) in [5, 5.41) is 2.33. The molecule has 0 radical (unpaired) electrons. The van der Waals surface area contributed by atoms with E-state index in [1.165, 1.54) is 5.39 Å². The summed E-state index contributed by atoms with van der Waals surface area (Å²) in [6, 6.07) is 27.0. The molecule has 0 saturated carbocycles. The van der Waals surface area contributed by atoms with E-state index in [2.05, 4.69) is 84.0 Å². The molecule has 5 rings (SSSR count). The average molecular weight is 574 g/mol. The molecule has 0 aliphatic carbocycles. The minimum atomic E-state index is -0.365. The standard InChI is InChI=1S/C37H35NO5/c1-25(2)37(39)43-21-20-38-32-9-7-6-8-30(32)31-22-28(18-19-33(31)38)16-14-26-10-12-27(13-11-26)15-17-29-23-34(40-3)36(42-5)35(24-29)41-4/h6-19,22-24H,1,20-21H2,2-5H3/b16-14+,17-15+. The molecule has 6 heteroatoms. The van der Waals surface area contributed by atoms with Crippen LogP contribution in [-0.2, 0) is 16.1 Å². The zero-order valence-corrected chi connectivity index (χ0v) is 24.9. The molecule has 5 aromatic rings. The second kappa shape index (κ2) is 13.2. The van der Waals surface area contributed by atoms with Crippen LogP contribution < -0.4 is 14.2 Å². The fourth-order valence-electron chi connectivity index (χ4n) is 5.07. The van der Waals surface area contributed by atoms with Crippen LogP contribution in [0.15, 0.2) is 91.0 Å². The van der Waals surface area contributed by atoms with Crippen molar-refractivity contribution in [3.05, 3.63) is 113 Å². The van der Waals surface area contributed by atoms with E-state index in [0.717, 1.165) is 38.7 Å². The van der Waals surface area contributed by atoms with Gasteiger partial charge in [-0.05, 0) is 59.5 Å². The van der Waals surface area contributed by atoms with E-state index >= 15 is 0 Å². The maximum absolute atomic E-state index is 11.9. The van der Waals surface area contributed by atoms with Gasteiger partial charge in [0.25, 0.3) is 0 Å². The maximum Gasteiger partial charge on any atom is 0.333 e. The number of carbonyl (C=O) groups is 1. The van der Waals surface area contributed by atoms with E-state index < -0.39 is 0 Å². The zero-order chi connectivity index (χ0) is 30.3. The number of nitrogens with zero attached hydrogens (tertiary/aromatic N) is 1. The molecule has 0 aliphatic heterocycles. The Morgan fingerprint density at radius 2 is 1.26 bits per heavy atom. The lowest BCUT2D eigenvalue weighted by atomic mass is 10.1. The predicted molar refractivity (Wildman–Crippen MR) is 176 cm³/mol. The van der Waals surface area contributed by atoms with Crippen LogP contribution in [0, 0.1) is 0 Å². The van der Waals surface area contributed by atoms with Crippen molar-refractivity contribution < 1.29 is 23.7 Å². The van der Waals surface area contributed by atoms with Gasteiger partial charge in [-0.2, -0.15) is 0 Å². The van der Waals surface area contributed by atoms with Crippen LogP contribution in [0.2, 0.25) is 0 Å². The van der Waals surface area contributed by atoms with Crippen molar-refractivity contribution in [1.29, 1.82) is 0 Å². The van der Waals surface area contributed by atoms with Crippen LogP contribution in [0.5, 0.6) is 17.2 Å². The quantitative estimate of drug-likeness (QED) is 0.0904. The molecule has 0 atom stereocenters. The van der Waals surface area contributed by atoms with Gasteiger partial charge < -0.3 is 23.5 Å². The first kappa shape index (κ1) is 29.3. The van der Waals surface area contributed by atoms with Crippen molar-refractivity contribution in [1.82, 2.24) is 4.57 Å². The molecule has 0 fully saturated rings. The van der Waals surface area contributed by atoms with E-state index in [4.69, 9.17) is 18.9 Å². The Balaban J connectivity index is 1.32. The average Bonchev–Trinajstić information content (AvgIpc) is 3.35. The van der Waals surface area contributed by atoms with Gasteiger partial charge in [-0.15, -0.1) is 0 Å². The van der Waals surface area contributed by atoms with Crippen molar-refractivity contribution >= 4 is 52.1 Å². The van der Waals surface area contributed by atoms with E-state index in [1.54, 1.807) is 28.3 Å². The Kier molecular flexibility index (Phi) is 8.96. The third-order valence-electron chi connectivity index (χ3n) is 7.25. The lowest BCUT2D eigenvalue weighted by Gasteiger charge is -2.12. The molecular weight excluding hydrogens is 538 g/mol. The summed E-state index contributed by atoms with van der Waals surface area (Å²) >= 11 is 0. The summed E-state index contributed by atoms with van der Waals surface area (Å²) in [6.07, 6.45) is 8.31. The molecule has 43 heavy (non-hydrogen) atoms. The molecule has 0 bridgehead atoms. The van der Waals surface area contributed by atoms with Crippen molar-refractivity contribution in [2.45, 2.75) is 13.5 Å². The van der Waals surface area contributed by atoms with E-state index in [0.29, 0.717) is 29.4 Å². The van der Waals surface area contributed by atoms with E-state index in [1.807, 2.05) is 30.3 Å². The minimum Gasteiger partial charge on any atom is -0.493 e. The first-order chi connectivity index (χ1) is 20.9. The Morgan fingerprint density at radius 3 is 1.86 bits per heavy atom. The van der Waals surface area contributed by atoms with Crippen LogP contribution in [-0.4, -0.2) is 38.5 Å². The van der Waals surface area contributed by atoms with Gasteiger partial charge >= 0.3 is 5.97 Å². The third-order valence-corrected chi connectivity index (χ3v) is 7.25. The topological polar surface area (TPSA) is 58.9 Å². The van der Waals surface area contributed by atoms with Gasteiger partial charge in [-0.3, -0.25) is 0 Å². The number of aromatic nitrogens is 1. The minimum absolute atomic E-state index is 0.286. The van der Waals surface area contributed by atoms with Crippen molar-refractivity contribution in [2.24, 2.45) is 0 Å². The Labute approximate surface area is 252 Å². The zero-order valence-electron chi connectivity index (χ0n) is 24.9. The third kappa shape index (κ3) is 6.49. The lowest BCUT2D eigenvalue weighted by Crippen LogP contribution is -2.11. The van der Waals surface area contributed by atoms with Crippen molar-refractivity contribution in [2.75, 3.05) is 27.9 Å². The summed E-state index contributed by atoms with van der Waals surface area (Å²) in [5.41, 5.74) is 6.85. The van der Waals surface area contributed by atoms with Gasteiger partial charge in [0.1, 0.15) is 6.61 Å². The highest BCUT2D eigenvalue weighted by Gasteiger charge is 2.13. The van der Waals surface area contributed by atoms with Gasteiger partial charge in [-0.25, -0.2) is 4.79 Å². The van der Waals surface area contributed by atoms with Gasteiger partial charge in [-0.1, -0.05) is 79.4 Å². The molecule has 4 aromatic carbocycles. The molecule has 218 valence electrons. The predicted octanol–water partition coefficient (Wildman–Crippen LogP) is 8.28.